The van der Waals surface area contributed by atoms with Crippen LogP contribution in [0, 0.1) is 13.8 Å². The second kappa shape index (κ2) is 9.33. The van der Waals surface area contributed by atoms with Crippen LogP contribution in [-0.4, -0.2) is 25.2 Å². The molecule has 25 heavy (non-hydrogen) atoms. The van der Waals surface area contributed by atoms with Gasteiger partial charge >= 0.3 is 0 Å². The van der Waals surface area contributed by atoms with Gasteiger partial charge in [0, 0.05) is 5.02 Å². The maximum absolute atomic E-state index is 12.3. The van der Waals surface area contributed by atoms with E-state index in [0.717, 1.165) is 22.6 Å². The van der Waals surface area contributed by atoms with E-state index >= 15 is 0 Å². The zero-order valence-corrected chi connectivity index (χ0v) is 15.6. The average molecular weight is 362 g/mol. The van der Waals surface area contributed by atoms with Crippen LogP contribution >= 0.6 is 11.6 Å². The normalized spacial score (nSPS) is 11.7. The standard InChI is InChI=1S/C20H24ClNO3/c1-4-18(25-19-7-5-6-14(2)15(19)3)20(23)22-12-13-24-17-10-8-16(21)9-11-17/h5-11,18H,4,12-13H2,1-3H3,(H,22,23)/t18-/m1/s1. The summed E-state index contributed by atoms with van der Waals surface area (Å²) in [4.78, 5) is 12.3. The van der Waals surface area contributed by atoms with Gasteiger partial charge in [0.25, 0.3) is 5.91 Å². The van der Waals surface area contributed by atoms with Gasteiger partial charge in [-0.3, -0.25) is 4.79 Å². The van der Waals surface area contributed by atoms with E-state index in [9.17, 15) is 4.79 Å². The van der Waals surface area contributed by atoms with Gasteiger partial charge in [0.15, 0.2) is 6.10 Å². The number of carbonyl (C=O) groups excluding carboxylic acids is 1. The van der Waals surface area contributed by atoms with Crippen LogP contribution in [0.4, 0.5) is 0 Å². The highest BCUT2D eigenvalue weighted by Crippen LogP contribution is 2.22. The minimum Gasteiger partial charge on any atom is -0.492 e. The van der Waals surface area contributed by atoms with E-state index in [1.165, 1.54) is 0 Å². The van der Waals surface area contributed by atoms with Gasteiger partial charge in [0.1, 0.15) is 18.1 Å². The van der Waals surface area contributed by atoms with E-state index in [-0.39, 0.29) is 5.91 Å². The first-order valence-corrected chi connectivity index (χ1v) is 8.78. The number of hydrogen-bond acceptors (Lipinski definition) is 3. The topological polar surface area (TPSA) is 47.6 Å². The molecule has 0 aliphatic heterocycles. The number of hydrogen-bond donors (Lipinski definition) is 1. The molecule has 134 valence electrons. The Labute approximate surface area is 154 Å². The molecular weight excluding hydrogens is 338 g/mol. The van der Waals surface area contributed by atoms with E-state index in [1.807, 2.05) is 39.0 Å². The lowest BCUT2D eigenvalue weighted by atomic mass is 10.1. The first-order valence-electron chi connectivity index (χ1n) is 8.40. The Bertz CT molecular complexity index is 701. The van der Waals surface area contributed by atoms with Gasteiger partial charge in [-0.15, -0.1) is 0 Å². The smallest absolute Gasteiger partial charge is 0.261 e. The van der Waals surface area contributed by atoms with Crippen LogP contribution in [0.5, 0.6) is 11.5 Å². The molecular formula is C20H24ClNO3. The van der Waals surface area contributed by atoms with Crippen molar-refractivity contribution in [2.75, 3.05) is 13.2 Å². The van der Waals surface area contributed by atoms with E-state index in [2.05, 4.69) is 5.32 Å². The Morgan fingerprint density at radius 1 is 1.16 bits per heavy atom. The molecule has 0 fully saturated rings. The van der Waals surface area contributed by atoms with E-state index in [0.29, 0.717) is 24.6 Å². The number of benzene rings is 2. The average Bonchev–Trinajstić information content (AvgIpc) is 2.61. The molecule has 0 heterocycles. The minimum absolute atomic E-state index is 0.136. The maximum atomic E-state index is 12.3. The molecule has 1 N–H and O–H groups in total. The monoisotopic (exact) mass is 361 g/mol. The fourth-order valence-electron chi connectivity index (χ4n) is 2.32. The van der Waals surface area contributed by atoms with Crippen LogP contribution in [0.3, 0.4) is 0 Å². The van der Waals surface area contributed by atoms with Crippen molar-refractivity contribution in [2.24, 2.45) is 0 Å². The summed E-state index contributed by atoms with van der Waals surface area (Å²) in [5, 5.41) is 3.52. The third-order valence-electron chi connectivity index (χ3n) is 3.97. The quantitative estimate of drug-likeness (QED) is 0.713. The molecule has 4 nitrogen and oxygen atoms in total. The summed E-state index contributed by atoms with van der Waals surface area (Å²) in [5.41, 5.74) is 2.20. The van der Waals surface area contributed by atoms with Crippen LogP contribution in [0.15, 0.2) is 42.5 Å². The van der Waals surface area contributed by atoms with Crippen molar-refractivity contribution in [3.63, 3.8) is 0 Å². The highest BCUT2D eigenvalue weighted by molar-refractivity contribution is 6.30. The molecule has 0 saturated heterocycles. The lowest BCUT2D eigenvalue weighted by molar-refractivity contribution is -0.128. The number of halogens is 1. The largest absolute Gasteiger partial charge is 0.492 e. The molecule has 0 aliphatic rings. The fraction of sp³-hybridized carbons (Fsp3) is 0.350. The molecule has 2 aromatic carbocycles. The number of amides is 1. The van der Waals surface area contributed by atoms with Gasteiger partial charge in [-0.25, -0.2) is 0 Å². The lowest BCUT2D eigenvalue weighted by Gasteiger charge is -2.19. The summed E-state index contributed by atoms with van der Waals surface area (Å²) >= 11 is 5.83. The van der Waals surface area contributed by atoms with E-state index < -0.39 is 6.10 Å². The number of rotatable bonds is 8. The number of ether oxygens (including phenoxy) is 2. The predicted molar refractivity (Wildman–Crippen MR) is 101 cm³/mol. The van der Waals surface area contributed by atoms with E-state index in [4.69, 9.17) is 21.1 Å². The molecule has 0 bridgehead atoms. The molecule has 0 aliphatic carbocycles. The Hall–Kier alpha value is -2.20. The molecule has 0 spiro atoms. The Morgan fingerprint density at radius 3 is 2.56 bits per heavy atom. The Balaban J connectivity index is 1.81. The van der Waals surface area contributed by atoms with Gasteiger partial charge in [-0.2, -0.15) is 0 Å². The molecule has 0 saturated carbocycles. The van der Waals surface area contributed by atoms with Crippen LogP contribution < -0.4 is 14.8 Å². The Morgan fingerprint density at radius 2 is 1.88 bits per heavy atom. The first kappa shape index (κ1) is 19.1. The third-order valence-corrected chi connectivity index (χ3v) is 4.22. The second-order valence-corrected chi connectivity index (χ2v) is 6.24. The van der Waals surface area contributed by atoms with Crippen LogP contribution in [-0.2, 0) is 4.79 Å². The molecule has 1 atom stereocenters. The van der Waals surface area contributed by atoms with Crippen molar-refractivity contribution in [2.45, 2.75) is 33.3 Å². The van der Waals surface area contributed by atoms with Gasteiger partial charge in [0.05, 0.1) is 6.54 Å². The summed E-state index contributed by atoms with van der Waals surface area (Å²) < 4.78 is 11.5. The number of carbonyl (C=O) groups is 1. The zero-order chi connectivity index (χ0) is 18.2. The van der Waals surface area contributed by atoms with Gasteiger partial charge in [-0.05, 0) is 61.7 Å². The molecule has 1 amide bonds. The minimum atomic E-state index is -0.518. The van der Waals surface area contributed by atoms with Gasteiger partial charge < -0.3 is 14.8 Å². The SMILES string of the molecule is CC[C@@H](Oc1cccc(C)c1C)C(=O)NCCOc1ccc(Cl)cc1. The van der Waals surface area contributed by atoms with Crippen molar-refractivity contribution < 1.29 is 14.3 Å². The van der Waals surface area contributed by atoms with Gasteiger partial charge in [0.2, 0.25) is 0 Å². The lowest BCUT2D eigenvalue weighted by Crippen LogP contribution is -2.39. The maximum Gasteiger partial charge on any atom is 0.261 e. The number of nitrogens with one attached hydrogen (secondary N) is 1. The summed E-state index contributed by atoms with van der Waals surface area (Å²) in [5.74, 6) is 1.33. The number of aryl methyl sites for hydroxylation is 1. The zero-order valence-electron chi connectivity index (χ0n) is 14.8. The first-order chi connectivity index (χ1) is 12.0. The third kappa shape index (κ3) is 5.68. The summed E-state index contributed by atoms with van der Waals surface area (Å²) in [6.45, 7) is 6.74. The van der Waals surface area contributed by atoms with Crippen molar-refractivity contribution >= 4 is 17.5 Å². The van der Waals surface area contributed by atoms with Gasteiger partial charge in [-0.1, -0.05) is 30.7 Å². The van der Waals surface area contributed by atoms with E-state index in [1.54, 1.807) is 24.3 Å². The fourth-order valence-corrected chi connectivity index (χ4v) is 2.44. The Kier molecular flexibility index (Phi) is 7.14. The van der Waals surface area contributed by atoms with Crippen molar-refractivity contribution in [3.05, 3.63) is 58.6 Å². The molecule has 5 heteroatoms. The molecule has 2 aromatic rings. The van der Waals surface area contributed by atoms with Crippen LogP contribution in [0.1, 0.15) is 24.5 Å². The van der Waals surface area contributed by atoms with Crippen LogP contribution in [0.25, 0.3) is 0 Å². The summed E-state index contributed by atoms with van der Waals surface area (Å²) in [6.07, 6.45) is 0.0769. The van der Waals surface area contributed by atoms with Crippen molar-refractivity contribution in [3.8, 4) is 11.5 Å². The highest BCUT2D eigenvalue weighted by atomic mass is 35.5. The molecule has 0 unspecified atom stereocenters. The highest BCUT2D eigenvalue weighted by Gasteiger charge is 2.19. The predicted octanol–water partition coefficient (Wildman–Crippen LogP) is 4.31. The van der Waals surface area contributed by atoms with Crippen molar-refractivity contribution in [1.29, 1.82) is 0 Å². The summed E-state index contributed by atoms with van der Waals surface area (Å²) in [6, 6.07) is 13.0. The summed E-state index contributed by atoms with van der Waals surface area (Å²) in [7, 11) is 0. The molecule has 0 radical (unpaired) electrons. The second-order valence-electron chi connectivity index (χ2n) is 5.81. The molecule has 2 rings (SSSR count). The van der Waals surface area contributed by atoms with Crippen LogP contribution in [0.2, 0.25) is 5.02 Å². The molecule has 0 aromatic heterocycles. The van der Waals surface area contributed by atoms with Crippen molar-refractivity contribution in [1.82, 2.24) is 5.32 Å².